The lowest BCUT2D eigenvalue weighted by Crippen LogP contribution is -2.40. The van der Waals surface area contributed by atoms with E-state index in [-0.39, 0.29) is 5.97 Å². The van der Waals surface area contributed by atoms with E-state index in [4.69, 9.17) is 4.74 Å². The Kier molecular flexibility index (Phi) is 9.14. The molecule has 0 bridgehead atoms. The summed E-state index contributed by atoms with van der Waals surface area (Å²) in [5, 5.41) is 8.36. The first kappa shape index (κ1) is 27.8. The molecule has 0 atom stereocenters. The number of carbonyl (C=O) groups excluding carboxylic acids is 1. The van der Waals surface area contributed by atoms with Gasteiger partial charge in [-0.25, -0.2) is 0 Å². The molecule has 0 unspecified atom stereocenters. The van der Waals surface area contributed by atoms with Gasteiger partial charge < -0.3 is 24.8 Å². The number of hydrogen-bond donors (Lipinski definition) is 2. The molecular formula is C32H42N4O2. The minimum atomic E-state index is -0.676. The van der Waals surface area contributed by atoms with Crippen LogP contribution in [0.25, 0.3) is 10.9 Å². The molecule has 0 amide bonds. The summed E-state index contributed by atoms with van der Waals surface area (Å²) in [4.78, 5) is 14.7. The summed E-state index contributed by atoms with van der Waals surface area (Å²) in [7, 11) is 2.20. The molecule has 3 aromatic rings. The highest BCUT2D eigenvalue weighted by atomic mass is 16.5. The van der Waals surface area contributed by atoms with Gasteiger partial charge in [-0.05, 0) is 108 Å². The maximum atomic E-state index is 12.3. The van der Waals surface area contributed by atoms with Gasteiger partial charge in [-0.3, -0.25) is 4.79 Å². The minimum Gasteiger partial charge on any atom is -0.465 e. The molecule has 1 fully saturated rings. The Morgan fingerprint density at radius 3 is 2.50 bits per heavy atom. The summed E-state index contributed by atoms with van der Waals surface area (Å²) < 4.78 is 7.50. The molecule has 38 heavy (non-hydrogen) atoms. The summed E-state index contributed by atoms with van der Waals surface area (Å²) in [6.07, 6.45) is 2.43. The normalized spacial score (nSPS) is 14.8. The van der Waals surface area contributed by atoms with Gasteiger partial charge in [0.05, 0.1) is 24.3 Å². The van der Waals surface area contributed by atoms with Crippen LogP contribution in [-0.4, -0.2) is 54.8 Å². The van der Waals surface area contributed by atoms with E-state index in [9.17, 15) is 4.79 Å². The Bertz CT molecular complexity index is 1290. The average molecular weight is 515 g/mol. The van der Waals surface area contributed by atoms with Gasteiger partial charge in [0.15, 0.2) is 0 Å². The summed E-state index contributed by atoms with van der Waals surface area (Å²) in [6.45, 7) is 12.8. The number of rotatable bonds is 9. The molecule has 1 aromatic heterocycles. The molecular weight excluding hydrogens is 472 g/mol. The van der Waals surface area contributed by atoms with E-state index in [1.807, 2.05) is 45.0 Å². The molecule has 6 nitrogen and oxygen atoms in total. The van der Waals surface area contributed by atoms with Crippen LogP contribution in [0, 0.1) is 11.8 Å². The van der Waals surface area contributed by atoms with Gasteiger partial charge in [-0.2, -0.15) is 0 Å². The van der Waals surface area contributed by atoms with Crippen molar-refractivity contribution in [2.24, 2.45) is 0 Å². The number of nitrogens with one attached hydrogen (secondary N) is 2. The van der Waals surface area contributed by atoms with Crippen LogP contribution in [0.3, 0.4) is 0 Å². The van der Waals surface area contributed by atoms with E-state index in [2.05, 4.69) is 70.2 Å². The monoisotopic (exact) mass is 514 g/mol. The molecule has 0 radical (unpaired) electrons. The maximum Gasteiger partial charge on any atom is 0.315 e. The highest BCUT2D eigenvalue weighted by Crippen LogP contribution is 2.26. The highest BCUT2D eigenvalue weighted by Gasteiger charge is 2.31. The number of likely N-dealkylation sites (tertiary alicyclic amines) is 1. The fraction of sp³-hybridized carbons (Fsp3) is 0.469. The van der Waals surface area contributed by atoms with Crippen molar-refractivity contribution in [1.29, 1.82) is 0 Å². The molecule has 6 heteroatoms. The van der Waals surface area contributed by atoms with E-state index in [0.29, 0.717) is 19.2 Å². The van der Waals surface area contributed by atoms with Crippen molar-refractivity contribution in [1.82, 2.24) is 14.8 Å². The van der Waals surface area contributed by atoms with Crippen molar-refractivity contribution in [3.05, 3.63) is 65.4 Å². The lowest BCUT2D eigenvalue weighted by atomic mass is 9.84. The number of anilines is 1. The smallest absolute Gasteiger partial charge is 0.315 e. The third kappa shape index (κ3) is 6.59. The SMILES string of the molecule is CCOC(=O)C(C)(C)c1ccc(NCC#Cc2cc3cc(CNC4CCN(C)CC4)ccc3n2CC)cc1. The summed E-state index contributed by atoms with van der Waals surface area (Å²) in [5.74, 6) is 6.43. The summed E-state index contributed by atoms with van der Waals surface area (Å²) in [5.41, 5.74) is 4.82. The second-order valence-electron chi connectivity index (χ2n) is 10.7. The lowest BCUT2D eigenvalue weighted by molar-refractivity contribution is -0.148. The van der Waals surface area contributed by atoms with Gasteiger partial charge in [-0.1, -0.05) is 24.1 Å². The van der Waals surface area contributed by atoms with Crippen LogP contribution >= 0.6 is 0 Å². The van der Waals surface area contributed by atoms with Crippen LogP contribution in [-0.2, 0) is 28.0 Å². The molecule has 2 aromatic carbocycles. The predicted octanol–water partition coefficient (Wildman–Crippen LogP) is 5.15. The zero-order valence-electron chi connectivity index (χ0n) is 23.6. The van der Waals surface area contributed by atoms with Crippen molar-refractivity contribution >= 4 is 22.6 Å². The molecule has 4 rings (SSSR count). The fourth-order valence-electron chi connectivity index (χ4n) is 5.06. The Balaban J connectivity index is 1.37. The van der Waals surface area contributed by atoms with Gasteiger partial charge in [0.25, 0.3) is 0 Å². The summed E-state index contributed by atoms with van der Waals surface area (Å²) in [6, 6.07) is 17.5. The Morgan fingerprint density at radius 1 is 1.08 bits per heavy atom. The molecule has 1 aliphatic heterocycles. The van der Waals surface area contributed by atoms with Crippen LogP contribution in [0.4, 0.5) is 5.69 Å². The van der Waals surface area contributed by atoms with Crippen molar-refractivity contribution < 1.29 is 9.53 Å². The molecule has 202 valence electrons. The molecule has 1 aliphatic rings. The molecule has 2 N–H and O–H groups in total. The fourth-order valence-corrected chi connectivity index (χ4v) is 5.06. The standard InChI is InChI=1S/C32H42N4O2/c1-6-36-29(9-8-18-33-27-13-11-26(12-14-27)32(3,4)31(37)38-7-2)22-25-21-24(10-15-30(25)36)23-34-28-16-19-35(5)20-17-28/h10-15,21-22,28,33-34H,6-7,16-20,23H2,1-5H3. The van der Waals surface area contributed by atoms with Gasteiger partial charge in [0.2, 0.25) is 0 Å². The van der Waals surface area contributed by atoms with Gasteiger partial charge in [0, 0.05) is 35.7 Å². The number of benzene rings is 2. The number of carbonyl (C=O) groups is 1. The van der Waals surface area contributed by atoms with Gasteiger partial charge in [-0.15, -0.1) is 0 Å². The maximum absolute atomic E-state index is 12.3. The van der Waals surface area contributed by atoms with Crippen LogP contribution < -0.4 is 10.6 Å². The molecule has 0 saturated carbocycles. The first-order valence-corrected chi connectivity index (χ1v) is 13.9. The Labute approximate surface area is 227 Å². The highest BCUT2D eigenvalue weighted by molar-refractivity contribution is 5.83. The third-order valence-electron chi connectivity index (χ3n) is 7.59. The largest absolute Gasteiger partial charge is 0.465 e. The lowest BCUT2D eigenvalue weighted by Gasteiger charge is -2.29. The number of hydrogen-bond acceptors (Lipinski definition) is 5. The third-order valence-corrected chi connectivity index (χ3v) is 7.59. The van der Waals surface area contributed by atoms with E-state index in [1.54, 1.807) is 0 Å². The number of ether oxygens (including phenoxy) is 1. The Hall–Kier alpha value is -3.27. The number of piperidine rings is 1. The van der Waals surface area contributed by atoms with Gasteiger partial charge in [0.1, 0.15) is 0 Å². The number of fused-ring (bicyclic) bond motifs is 1. The topological polar surface area (TPSA) is 58.5 Å². The van der Waals surface area contributed by atoms with Crippen LogP contribution in [0.2, 0.25) is 0 Å². The van der Waals surface area contributed by atoms with Crippen LogP contribution in [0.1, 0.15) is 57.4 Å². The number of aryl methyl sites for hydroxylation is 1. The van der Waals surface area contributed by atoms with Crippen molar-refractivity contribution in [3.8, 4) is 11.8 Å². The minimum absolute atomic E-state index is 0.210. The second kappa shape index (κ2) is 12.5. The van der Waals surface area contributed by atoms with Crippen molar-refractivity contribution in [3.63, 3.8) is 0 Å². The van der Waals surface area contributed by atoms with E-state index in [1.165, 1.54) is 42.4 Å². The molecule has 0 aliphatic carbocycles. The van der Waals surface area contributed by atoms with Crippen molar-refractivity contribution in [2.45, 2.75) is 65.1 Å². The van der Waals surface area contributed by atoms with E-state index < -0.39 is 5.41 Å². The molecule has 1 saturated heterocycles. The Morgan fingerprint density at radius 2 is 1.82 bits per heavy atom. The number of nitrogens with zero attached hydrogens (tertiary/aromatic N) is 2. The average Bonchev–Trinajstić information content (AvgIpc) is 3.27. The zero-order chi connectivity index (χ0) is 27.1. The molecule has 2 heterocycles. The van der Waals surface area contributed by atoms with Gasteiger partial charge >= 0.3 is 5.97 Å². The van der Waals surface area contributed by atoms with Crippen LogP contribution in [0.15, 0.2) is 48.5 Å². The first-order valence-electron chi connectivity index (χ1n) is 13.9. The first-order chi connectivity index (χ1) is 18.3. The molecule has 0 spiro atoms. The quantitative estimate of drug-likeness (QED) is 0.306. The van der Waals surface area contributed by atoms with E-state index in [0.717, 1.165) is 30.0 Å². The zero-order valence-corrected chi connectivity index (χ0v) is 23.6. The second-order valence-corrected chi connectivity index (χ2v) is 10.7. The number of esters is 1. The predicted molar refractivity (Wildman–Crippen MR) is 156 cm³/mol. The van der Waals surface area contributed by atoms with Crippen LogP contribution in [0.5, 0.6) is 0 Å². The van der Waals surface area contributed by atoms with E-state index >= 15 is 0 Å². The number of aromatic nitrogens is 1. The summed E-state index contributed by atoms with van der Waals surface area (Å²) >= 11 is 0. The van der Waals surface area contributed by atoms with Crippen molar-refractivity contribution in [2.75, 3.05) is 38.6 Å².